The third-order valence-corrected chi connectivity index (χ3v) is 11.9. The van der Waals surface area contributed by atoms with Crippen LogP contribution in [0.5, 0.6) is 0 Å². The number of hydrogen-bond acceptors (Lipinski definition) is 6. The number of carbonyl (C=O) groups excluding carboxylic acids is 3. The molecule has 0 aromatic rings. The van der Waals surface area contributed by atoms with Gasteiger partial charge in [-0.2, -0.15) is 0 Å². The third kappa shape index (κ3) is 48.7. The molecule has 0 aromatic heterocycles. The maximum absolute atomic E-state index is 12.8. The van der Waals surface area contributed by atoms with Crippen LogP contribution >= 0.6 is 0 Å². The number of allylic oxidation sites excluding steroid dienone is 6. The molecular weight excluding hydrogens is 769 g/mol. The van der Waals surface area contributed by atoms with Crippen LogP contribution in [-0.2, 0) is 28.6 Å². The lowest BCUT2D eigenvalue weighted by Gasteiger charge is -2.18. The van der Waals surface area contributed by atoms with Gasteiger partial charge in [0.05, 0.1) is 0 Å². The van der Waals surface area contributed by atoms with E-state index < -0.39 is 6.10 Å². The first-order chi connectivity index (χ1) is 30.5. The number of unbranched alkanes of at least 4 members (excludes halogenated alkanes) is 32. The molecule has 62 heavy (non-hydrogen) atoms. The van der Waals surface area contributed by atoms with Crippen LogP contribution in [0.15, 0.2) is 36.5 Å². The minimum absolute atomic E-state index is 0.0718. The van der Waals surface area contributed by atoms with Gasteiger partial charge in [-0.1, -0.05) is 250 Å². The monoisotopic (exact) mass is 871 g/mol. The average Bonchev–Trinajstić information content (AvgIpc) is 3.27. The molecule has 362 valence electrons. The highest BCUT2D eigenvalue weighted by Crippen LogP contribution is 2.16. The van der Waals surface area contributed by atoms with Crippen molar-refractivity contribution in [1.82, 2.24) is 0 Å². The Morgan fingerprint density at radius 1 is 0.339 bits per heavy atom. The summed E-state index contributed by atoms with van der Waals surface area (Å²) in [6.07, 6.45) is 59.8. The standard InChI is InChI=1S/C56H102O6/c1-4-7-10-13-16-19-22-25-27-29-31-34-37-40-43-46-49-55(58)61-52-53(51-60-54(57)48-45-42-39-36-33-24-21-18-15-12-9-6-3)62-56(59)50-47-44-41-38-35-32-30-28-26-23-20-17-14-11-8-5-2/h7,10,16,19,25,27,53H,4-6,8-9,11-15,17-18,20-24,26,28-52H2,1-3H3/b10-7-,19-16-,27-25-. The van der Waals surface area contributed by atoms with Crippen LogP contribution in [-0.4, -0.2) is 37.2 Å². The number of rotatable bonds is 49. The van der Waals surface area contributed by atoms with Crippen LogP contribution in [0.3, 0.4) is 0 Å². The van der Waals surface area contributed by atoms with Crippen LogP contribution in [0.2, 0.25) is 0 Å². The Hall–Kier alpha value is -2.37. The Morgan fingerprint density at radius 3 is 0.984 bits per heavy atom. The molecule has 6 nitrogen and oxygen atoms in total. The van der Waals surface area contributed by atoms with E-state index in [0.29, 0.717) is 19.3 Å². The highest BCUT2D eigenvalue weighted by Gasteiger charge is 2.19. The number of ether oxygens (including phenoxy) is 3. The molecule has 0 rings (SSSR count). The summed E-state index contributed by atoms with van der Waals surface area (Å²) in [5, 5.41) is 0. The van der Waals surface area contributed by atoms with Gasteiger partial charge < -0.3 is 14.2 Å². The number of hydrogen-bond donors (Lipinski definition) is 0. The molecule has 0 bridgehead atoms. The normalized spacial score (nSPS) is 12.2. The van der Waals surface area contributed by atoms with Gasteiger partial charge in [0.25, 0.3) is 0 Å². The number of carbonyl (C=O) groups is 3. The van der Waals surface area contributed by atoms with Gasteiger partial charge in [-0.15, -0.1) is 0 Å². The van der Waals surface area contributed by atoms with Gasteiger partial charge in [0, 0.05) is 19.3 Å². The topological polar surface area (TPSA) is 78.9 Å². The van der Waals surface area contributed by atoms with Crippen molar-refractivity contribution in [3.8, 4) is 0 Å². The van der Waals surface area contributed by atoms with Crippen molar-refractivity contribution in [2.75, 3.05) is 13.2 Å². The van der Waals surface area contributed by atoms with Gasteiger partial charge in [0.15, 0.2) is 6.10 Å². The first kappa shape index (κ1) is 59.6. The summed E-state index contributed by atoms with van der Waals surface area (Å²) in [7, 11) is 0. The van der Waals surface area contributed by atoms with Gasteiger partial charge >= 0.3 is 17.9 Å². The first-order valence-corrected chi connectivity index (χ1v) is 27.0. The molecule has 0 heterocycles. The van der Waals surface area contributed by atoms with E-state index in [0.717, 1.165) is 83.5 Å². The molecule has 6 heteroatoms. The van der Waals surface area contributed by atoms with Crippen molar-refractivity contribution >= 4 is 17.9 Å². The van der Waals surface area contributed by atoms with Crippen LogP contribution in [0.25, 0.3) is 0 Å². The molecule has 0 amide bonds. The molecule has 0 saturated heterocycles. The lowest BCUT2D eigenvalue weighted by Crippen LogP contribution is -2.30. The van der Waals surface area contributed by atoms with Gasteiger partial charge in [-0.05, 0) is 51.4 Å². The Labute approximate surface area is 385 Å². The molecule has 0 spiro atoms. The first-order valence-electron chi connectivity index (χ1n) is 27.0. The molecule has 0 N–H and O–H groups in total. The van der Waals surface area contributed by atoms with E-state index in [-0.39, 0.29) is 31.1 Å². The van der Waals surface area contributed by atoms with E-state index in [9.17, 15) is 14.4 Å². The Kier molecular flexibility index (Phi) is 49.3. The number of esters is 3. The fourth-order valence-electron chi connectivity index (χ4n) is 7.87. The largest absolute Gasteiger partial charge is 0.462 e. The highest BCUT2D eigenvalue weighted by molar-refractivity contribution is 5.71. The zero-order valence-corrected chi connectivity index (χ0v) is 41.4. The molecule has 0 aliphatic rings. The fraction of sp³-hybridized carbons (Fsp3) is 0.839. The van der Waals surface area contributed by atoms with E-state index in [1.54, 1.807) is 0 Å². The second-order valence-electron chi connectivity index (χ2n) is 18.1. The summed E-state index contributed by atoms with van der Waals surface area (Å²) in [5.74, 6) is -0.870. The predicted octanol–water partition coefficient (Wildman–Crippen LogP) is 17.7. The van der Waals surface area contributed by atoms with Crippen molar-refractivity contribution in [3.63, 3.8) is 0 Å². The molecule has 1 unspecified atom stereocenters. The molecule has 1 atom stereocenters. The summed E-state index contributed by atoms with van der Waals surface area (Å²) < 4.78 is 16.8. The maximum atomic E-state index is 12.8. The summed E-state index contributed by atoms with van der Waals surface area (Å²) in [4.78, 5) is 38.0. The van der Waals surface area contributed by atoms with Gasteiger partial charge in [-0.25, -0.2) is 0 Å². The summed E-state index contributed by atoms with van der Waals surface area (Å²) in [6.45, 7) is 6.55. The predicted molar refractivity (Wildman–Crippen MR) is 266 cm³/mol. The van der Waals surface area contributed by atoms with Crippen molar-refractivity contribution < 1.29 is 28.6 Å². The average molecular weight is 871 g/mol. The maximum Gasteiger partial charge on any atom is 0.306 e. The van der Waals surface area contributed by atoms with Crippen LogP contribution in [0.4, 0.5) is 0 Å². The Morgan fingerprint density at radius 2 is 0.629 bits per heavy atom. The van der Waals surface area contributed by atoms with Crippen molar-refractivity contribution in [3.05, 3.63) is 36.5 Å². The molecule has 0 aromatic carbocycles. The molecule has 0 aliphatic heterocycles. The van der Waals surface area contributed by atoms with E-state index in [4.69, 9.17) is 14.2 Å². The highest BCUT2D eigenvalue weighted by atomic mass is 16.6. The van der Waals surface area contributed by atoms with Gasteiger partial charge in [-0.3, -0.25) is 14.4 Å². The molecular formula is C56H102O6. The second kappa shape index (κ2) is 51.3. The lowest BCUT2D eigenvalue weighted by atomic mass is 10.0. The van der Waals surface area contributed by atoms with Gasteiger partial charge in [0.1, 0.15) is 13.2 Å². The molecule has 0 aliphatic carbocycles. The van der Waals surface area contributed by atoms with E-state index in [1.165, 1.54) is 161 Å². The molecule has 0 saturated carbocycles. The smallest absolute Gasteiger partial charge is 0.306 e. The van der Waals surface area contributed by atoms with E-state index in [2.05, 4.69) is 57.2 Å². The second-order valence-corrected chi connectivity index (χ2v) is 18.1. The van der Waals surface area contributed by atoms with Crippen molar-refractivity contribution in [2.45, 2.75) is 290 Å². The summed E-state index contributed by atoms with van der Waals surface area (Å²) in [5.41, 5.74) is 0. The van der Waals surface area contributed by atoms with Crippen LogP contribution in [0.1, 0.15) is 284 Å². The zero-order valence-electron chi connectivity index (χ0n) is 41.4. The Balaban J connectivity index is 4.35. The quantitative estimate of drug-likeness (QED) is 0.0262. The van der Waals surface area contributed by atoms with Crippen LogP contribution in [0, 0.1) is 0 Å². The SMILES string of the molecule is CC/C=C\C/C=C\C/C=C\CCCCCCCCC(=O)OCC(COC(=O)CCCCCCCCCCCCCC)OC(=O)CCCCCCCCCCCCCCCCCC. The van der Waals surface area contributed by atoms with E-state index >= 15 is 0 Å². The van der Waals surface area contributed by atoms with Crippen molar-refractivity contribution in [2.24, 2.45) is 0 Å². The zero-order chi connectivity index (χ0) is 45.1. The summed E-state index contributed by atoms with van der Waals surface area (Å²) in [6, 6.07) is 0. The lowest BCUT2D eigenvalue weighted by molar-refractivity contribution is -0.167. The van der Waals surface area contributed by atoms with Crippen molar-refractivity contribution in [1.29, 1.82) is 0 Å². The fourth-order valence-corrected chi connectivity index (χ4v) is 7.87. The molecule has 0 radical (unpaired) electrons. The van der Waals surface area contributed by atoms with Crippen LogP contribution < -0.4 is 0 Å². The summed E-state index contributed by atoms with van der Waals surface area (Å²) >= 11 is 0. The third-order valence-electron chi connectivity index (χ3n) is 11.9. The van der Waals surface area contributed by atoms with E-state index in [1.807, 2.05) is 0 Å². The Bertz CT molecular complexity index is 1050. The van der Waals surface area contributed by atoms with Gasteiger partial charge in [0.2, 0.25) is 0 Å². The minimum Gasteiger partial charge on any atom is -0.462 e. The molecule has 0 fully saturated rings. The minimum atomic E-state index is -0.772.